The minimum atomic E-state index is -3.80. The Morgan fingerprint density at radius 2 is 1.87 bits per heavy atom. The van der Waals surface area contributed by atoms with Crippen molar-refractivity contribution in [2.45, 2.75) is 10.9 Å². The molecule has 1 amide bonds. The largest absolute Gasteiger partial charge is 0.497 e. The van der Waals surface area contributed by atoms with Crippen LogP contribution in [0.1, 0.15) is 22.0 Å². The Kier molecular flexibility index (Phi) is 7.60. The maximum Gasteiger partial charge on any atom is 0.254 e. The molecule has 0 spiro atoms. The molecule has 31 heavy (non-hydrogen) atoms. The van der Waals surface area contributed by atoms with E-state index in [2.05, 4.69) is 14.9 Å². The van der Waals surface area contributed by atoms with Crippen LogP contribution in [0.15, 0.2) is 47.4 Å². The summed E-state index contributed by atoms with van der Waals surface area (Å²) < 4.78 is 51.1. The fourth-order valence-corrected chi connectivity index (χ4v) is 4.18. The van der Waals surface area contributed by atoms with Gasteiger partial charge in [0.2, 0.25) is 10.0 Å². The van der Waals surface area contributed by atoms with E-state index in [1.807, 2.05) is 24.3 Å². The highest BCUT2D eigenvalue weighted by Gasteiger charge is 2.25. The molecule has 10 heteroatoms. The average molecular weight is 452 g/mol. The third-order valence-corrected chi connectivity index (χ3v) is 6.62. The minimum Gasteiger partial charge on any atom is -0.497 e. The van der Waals surface area contributed by atoms with E-state index in [1.165, 1.54) is 7.05 Å². The summed E-state index contributed by atoms with van der Waals surface area (Å²) in [6.07, 6.45) is 0. The third kappa shape index (κ3) is 5.59. The molecular formula is C21H26FN3O5S. The zero-order chi connectivity index (χ0) is 22.4. The van der Waals surface area contributed by atoms with Gasteiger partial charge in [-0.15, -0.1) is 0 Å². The highest BCUT2D eigenvalue weighted by Crippen LogP contribution is 2.24. The van der Waals surface area contributed by atoms with Gasteiger partial charge in [-0.25, -0.2) is 17.5 Å². The molecule has 2 aromatic carbocycles. The number of methoxy groups -OCH3 is 1. The maximum absolute atomic E-state index is 14.3. The summed E-state index contributed by atoms with van der Waals surface area (Å²) in [6.45, 7) is 2.76. The molecule has 3 rings (SSSR count). The van der Waals surface area contributed by atoms with Gasteiger partial charge in [0.25, 0.3) is 5.91 Å². The molecule has 1 atom stereocenters. The smallest absolute Gasteiger partial charge is 0.254 e. The first kappa shape index (κ1) is 23.1. The number of sulfonamides is 1. The summed E-state index contributed by atoms with van der Waals surface area (Å²) in [7, 11) is -0.961. The predicted octanol–water partition coefficient (Wildman–Crippen LogP) is 1.55. The molecule has 168 valence electrons. The van der Waals surface area contributed by atoms with Gasteiger partial charge in [-0.3, -0.25) is 9.69 Å². The summed E-state index contributed by atoms with van der Waals surface area (Å²) in [5.41, 5.74) is 0.641. The summed E-state index contributed by atoms with van der Waals surface area (Å²) in [4.78, 5) is 14.7. The predicted molar refractivity (Wildman–Crippen MR) is 113 cm³/mol. The molecular weight excluding hydrogens is 425 g/mol. The molecule has 0 radical (unpaired) electrons. The molecule has 0 aromatic heterocycles. The monoisotopic (exact) mass is 451 g/mol. The topological polar surface area (TPSA) is 97.0 Å². The second-order valence-corrected chi connectivity index (χ2v) is 8.88. The molecule has 2 N–H and O–H groups in total. The zero-order valence-electron chi connectivity index (χ0n) is 17.4. The highest BCUT2D eigenvalue weighted by atomic mass is 32.2. The van der Waals surface area contributed by atoms with Gasteiger partial charge in [-0.2, -0.15) is 0 Å². The van der Waals surface area contributed by atoms with Gasteiger partial charge in [-0.1, -0.05) is 12.1 Å². The van der Waals surface area contributed by atoms with Crippen LogP contribution in [0.4, 0.5) is 4.39 Å². The number of hydrogen-bond acceptors (Lipinski definition) is 6. The number of hydrogen-bond donors (Lipinski definition) is 2. The molecule has 1 aliphatic rings. The van der Waals surface area contributed by atoms with Crippen molar-refractivity contribution in [3.63, 3.8) is 0 Å². The standard InChI is InChI=1S/C21H26FN3O5S/c1-23-31(27,28)17-7-8-19(22)18(13-17)21(26)24-14-20(25-9-11-30-12-10-25)15-3-5-16(29-2)6-4-15/h3-8,13,20,23H,9-12,14H2,1-2H3,(H,24,26). The van der Waals surface area contributed by atoms with Crippen molar-refractivity contribution < 1.29 is 27.1 Å². The van der Waals surface area contributed by atoms with Crippen molar-refractivity contribution in [2.75, 3.05) is 47.0 Å². The number of rotatable bonds is 8. The van der Waals surface area contributed by atoms with Gasteiger partial charge in [0, 0.05) is 19.6 Å². The van der Waals surface area contributed by atoms with Crippen LogP contribution in [-0.4, -0.2) is 66.2 Å². The van der Waals surface area contributed by atoms with Gasteiger partial charge in [-0.05, 0) is 42.9 Å². The second-order valence-electron chi connectivity index (χ2n) is 7.00. The molecule has 1 unspecified atom stereocenters. The lowest BCUT2D eigenvalue weighted by Gasteiger charge is -2.35. The molecule has 0 aliphatic carbocycles. The molecule has 1 heterocycles. The van der Waals surface area contributed by atoms with Crippen molar-refractivity contribution in [3.05, 3.63) is 59.4 Å². The van der Waals surface area contributed by atoms with E-state index < -0.39 is 21.7 Å². The van der Waals surface area contributed by atoms with Crippen LogP contribution in [0, 0.1) is 5.82 Å². The Bertz CT molecular complexity index is 1010. The van der Waals surface area contributed by atoms with Crippen LogP contribution in [0.3, 0.4) is 0 Å². The van der Waals surface area contributed by atoms with E-state index in [4.69, 9.17) is 9.47 Å². The van der Waals surface area contributed by atoms with Crippen molar-refractivity contribution in [1.82, 2.24) is 14.9 Å². The first-order valence-electron chi connectivity index (χ1n) is 9.82. The van der Waals surface area contributed by atoms with Gasteiger partial charge in [0.15, 0.2) is 0 Å². The van der Waals surface area contributed by atoms with Crippen molar-refractivity contribution in [1.29, 1.82) is 0 Å². The highest BCUT2D eigenvalue weighted by molar-refractivity contribution is 7.89. The Hall–Kier alpha value is -2.53. The van der Waals surface area contributed by atoms with E-state index in [1.54, 1.807) is 7.11 Å². The molecule has 1 saturated heterocycles. The first-order chi connectivity index (χ1) is 14.9. The minimum absolute atomic E-state index is 0.161. The van der Waals surface area contributed by atoms with Crippen LogP contribution < -0.4 is 14.8 Å². The van der Waals surface area contributed by atoms with E-state index in [-0.39, 0.29) is 23.0 Å². The number of nitrogens with zero attached hydrogens (tertiary/aromatic N) is 1. The third-order valence-electron chi connectivity index (χ3n) is 5.20. The normalized spacial score (nSPS) is 16.0. The fourth-order valence-electron chi connectivity index (χ4n) is 3.42. The molecule has 8 nitrogen and oxygen atoms in total. The number of nitrogens with one attached hydrogen (secondary N) is 2. The molecule has 1 fully saturated rings. The van der Waals surface area contributed by atoms with Gasteiger partial charge < -0.3 is 14.8 Å². The summed E-state index contributed by atoms with van der Waals surface area (Å²) in [5.74, 6) is -0.754. The van der Waals surface area contributed by atoms with Crippen molar-refractivity contribution in [3.8, 4) is 5.75 Å². The van der Waals surface area contributed by atoms with E-state index in [0.717, 1.165) is 29.5 Å². The van der Waals surface area contributed by atoms with E-state index in [9.17, 15) is 17.6 Å². The summed E-state index contributed by atoms with van der Waals surface area (Å²) >= 11 is 0. The van der Waals surface area contributed by atoms with Crippen LogP contribution in [0.25, 0.3) is 0 Å². The van der Waals surface area contributed by atoms with Gasteiger partial charge >= 0.3 is 0 Å². The zero-order valence-corrected chi connectivity index (χ0v) is 18.2. The second kappa shape index (κ2) is 10.2. The van der Waals surface area contributed by atoms with Crippen molar-refractivity contribution >= 4 is 15.9 Å². The Morgan fingerprint density at radius 3 is 2.48 bits per heavy atom. The summed E-state index contributed by atoms with van der Waals surface area (Å²) in [6, 6.07) is 10.5. The number of ether oxygens (including phenoxy) is 2. The lowest BCUT2D eigenvalue weighted by molar-refractivity contribution is 0.0162. The van der Waals surface area contributed by atoms with Gasteiger partial charge in [0.05, 0.1) is 36.8 Å². The Labute approximate surface area is 181 Å². The van der Waals surface area contributed by atoms with Crippen molar-refractivity contribution in [2.24, 2.45) is 0 Å². The lowest BCUT2D eigenvalue weighted by Crippen LogP contribution is -2.44. The van der Waals surface area contributed by atoms with Gasteiger partial charge in [0.1, 0.15) is 11.6 Å². The SMILES string of the molecule is CNS(=O)(=O)c1ccc(F)c(C(=O)NCC(c2ccc(OC)cc2)N2CCOCC2)c1. The maximum atomic E-state index is 14.3. The van der Waals surface area contributed by atoms with E-state index in [0.29, 0.717) is 26.3 Å². The first-order valence-corrected chi connectivity index (χ1v) is 11.3. The fraction of sp³-hybridized carbons (Fsp3) is 0.381. The Balaban J connectivity index is 1.80. The van der Waals surface area contributed by atoms with Crippen LogP contribution in [0.5, 0.6) is 5.75 Å². The van der Waals surface area contributed by atoms with Crippen LogP contribution in [0.2, 0.25) is 0 Å². The molecule has 1 aliphatic heterocycles. The number of benzene rings is 2. The number of carbonyl (C=O) groups excluding carboxylic acids is 1. The quantitative estimate of drug-likeness (QED) is 0.632. The average Bonchev–Trinajstić information content (AvgIpc) is 2.80. The van der Waals surface area contributed by atoms with Crippen LogP contribution >= 0.6 is 0 Å². The number of amides is 1. The molecule has 0 bridgehead atoms. The number of halogens is 1. The van der Waals surface area contributed by atoms with Crippen LogP contribution in [-0.2, 0) is 14.8 Å². The summed E-state index contributed by atoms with van der Waals surface area (Å²) in [5, 5.41) is 2.75. The molecule has 2 aromatic rings. The van der Waals surface area contributed by atoms with E-state index >= 15 is 0 Å². The number of morpholine rings is 1. The Morgan fingerprint density at radius 1 is 1.19 bits per heavy atom. The number of carbonyl (C=O) groups is 1. The molecule has 0 saturated carbocycles. The lowest BCUT2D eigenvalue weighted by atomic mass is 10.0.